The predicted octanol–water partition coefficient (Wildman–Crippen LogP) is 5.60. The number of aliphatic hydroxyl groups is 1. The van der Waals surface area contributed by atoms with Crippen molar-refractivity contribution in [1.82, 2.24) is 9.97 Å². The van der Waals surface area contributed by atoms with Gasteiger partial charge in [-0.1, -0.05) is 91.0 Å². The summed E-state index contributed by atoms with van der Waals surface area (Å²) < 4.78 is 26.0. The third-order valence-corrected chi connectivity index (χ3v) is 8.71. The van der Waals surface area contributed by atoms with E-state index in [0.717, 1.165) is 16.7 Å². The molecule has 0 bridgehead atoms. The molecule has 4 atom stereocenters. The van der Waals surface area contributed by atoms with Crippen LogP contribution in [0.3, 0.4) is 0 Å². The highest BCUT2D eigenvalue weighted by Gasteiger charge is 2.67. The van der Waals surface area contributed by atoms with E-state index < -0.39 is 23.6 Å². The molecular formula is C33H33N3O5S. The summed E-state index contributed by atoms with van der Waals surface area (Å²) in [5.41, 5.74) is 8.28. The van der Waals surface area contributed by atoms with Gasteiger partial charge in [0.1, 0.15) is 24.4 Å². The van der Waals surface area contributed by atoms with Crippen molar-refractivity contribution in [2.45, 2.75) is 50.3 Å². The molecule has 1 fully saturated rings. The number of hydrogen-bond acceptors (Lipinski definition) is 9. The molecule has 3 heterocycles. The molecule has 8 nitrogen and oxygen atoms in total. The molecule has 3 aromatic carbocycles. The number of nitrogens with two attached hydrogens (primary N) is 1. The van der Waals surface area contributed by atoms with E-state index in [2.05, 4.69) is 9.97 Å². The van der Waals surface area contributed by atoms with Crippen LogP contribution in [0.4, 0.5) is 5.82 Å². The van der Waals surface area contributed by atoms with Crippen molar-refractivity contribution in [2.24, 2.45) is 0 Å². The highest BCUT2D eigenvalue weighted by Crippen LogP contribution is 2.52. The number of hydrogen-bond donors (Lipinski definition) is 2. The third kappa shape index (κ3) is 5.55. The second kappa shape index (κ2) is 12.3. The molecular weight excluding hydrogens is 550 g/mol. The Morgan fingerprint density at radius 2 is 1.45 bits per heavy atom. The maximum absolute atomic E-state index is 12.6. The molecule has 2 aromatic heterocycles. The van der Waals surface area contributed by atoms with Crippen LogP contribution in [-0.2, 0) is 44.6 Å². The van der Waals surface area contributed by atoms with E-state index in [-0.39, 0.29) is 13.2 Å². The number of fused-ring (bicyclic) bond motifs is 1. The minimum absolute atomic E-state index is 0.168. The van der Waals surface area contributed by atoms with Crippen LogP contribution in [0.25, 0.3) is 10.9 Å². The lowest BCUT2D eigenvalue weighted by molar-refractivity contribution is -0.289. The highest BCUT2D eigenvalue weighted by molar-refractivity contribution is 7.11. The smallest absolute Gasteiger partial charge is 0.237 e. The standard InChI is InChI=1S/C33H33N3O5S/c1-32(40-19-25-15-9-4-10-16-25)29(39-18-24-13-7-3-8-14-24)27(20-38-17-23-11-5-2-6-12-23)41-33(32,37)30-28-26(21-42-30)31(34)36-22-35-28/h2-16,21-22,27,29,37H,17-20H2,1H3,(H2,34,35,36). The van der Waals surface area contributed by atoms with E-state index in [1.807, 2.05) is 103 Å². The van der Waals surface area contributed by atoms with Gasteiger partial charge in [0.25, 0.3) is 0 Å². The normalized spacial score (nSPS) is 23.9. The summed E-state index contributed by atoms with van der Waals surface area (Å²) in [7, 11) is 0. The quantitative estimate of drug-likeness (QED) is 0.207. The molecule has 0 radical (unpaired) electrons. The fraction of sp³-hybridized carbons (Fsp3) is 0.273. The zero-order chi connectivity index (χ0) is 29.0. The summed E-state index contributed by atoms with van der Waals surface area (Å²) in [5.74, 6) is -1.60. The second-order valence-corrected chi connectivity index (χ2v) is 11.4. The Kier molecular flexibility index (Phi) is 8.30. The maximum Gasteiger partial charge on any atom is 0.237 e. The number of nitrogens with zero attached hydrogens (tertiary/aromatic N) is 2. The Hall–Kier alpha value is -3.70. The summed E-state index contributed by atoms with van der Waals surface area (Å²) in [6.45, 7) is 2.91. The van der Waals surface area contributed by atoms with E-state index in [9.17, 15) is 5.11 Å². The molecule has 5 aromatic rings. The molecule has 0 aliphatic carbocycles. The van der Waals surface area contributed by atoms with Crippen LogP contribution in [0.15, 0.2) is 103 Å². The average molecular weight is 584 g/mol. The molecule has 9 heteroatoms. The van der Waals surface area contributed by atoms with E-state index in [4.69, 9.17) is 24.7 Å². The van der Waals surface area contributed by atoms with Gasteiger partial charge < -0.3 is 29.8 Å². The van der Waals surface area contributed by atoms with Gasteiger partial charge in [0.05, 0.1) is 42.2 Å². The third-order valence-electron chi connectivity index (χ3n) is 7.66. The highest BCUT2D eigenvalue weighted by atomic mass is 32.1. The number of rotatable bonds is 11. The van der Waals surface area contributed by atoms with Gasteiger partial charge >= 0.3 is 0 Å². The minimum atomic E-state index is -1.93. The van der Waals surface area contributed by atoms with Crippen molar-refractivity contribution in [3.63, 3.8) is 0 Å². The Morgan fingerprint density at radius 3 is 2.10 bits per heavy atom. The van der Waals surface area contributed by atoms with Gasteiger partial charge in [-0.15, -0.1) is 11.3 Å². The fourth-order valence-electron chi connectivity index (χ4n) is 5.35. The lowest BCUT2D eigenvalue weighted by Gasteiger charge is -2.39. The van der Waals surface area contributed by atoms with E-state index in [1.54, 1.807) is 0 Å². The van der Waals surface area contributed by atoms with Gasteiger partial charge in [0.15, 0.2) is 5.60 Å². The number of anilines is 1. The molecule has 4 unspecified atom stereocenters. The molecule has 1 saturated heterocycles. The number of nitrogen functional groups attached to an aromatic ring is 1. The SMILES string of the molecule is CC1(OCc2ccccc2)C(OCc2ccccc2)C(COCc2ccccc2)OC1(O)c1scc2c(N)ncnc12. The fourth-order valence-corrected chi connectivity index (χ4v) is 6.50. The first-order valence-electron chi connectivity index (χ1n) is 13.8. The topological polar surface area (TPSA) is 109 Å². The minimum Gasteiger partial charge on any atom is -0.383 e. The molecule has 216 valence electrons. The Morgan fingerprint density at radius 1 is 0.857 bits per heavy atom. The van der Waals surface area contributed by atoms with Crippen molar-refractivity contribution in [1.29, 1.82) is 0 Å². The molecule has 3 N–H and O–H groups in total. The molecule has 0 spiro atoms. The van der Waals surface area contributed by atoms with Crippen LogP contribution >= 0.6 is 11.3 Å². The molecule has 0 amide bonds. The number of aromatic nitrogens is 2. The summed E-state index contributed by atoms with van der Waals surface area (Å²) in [5, 5.41) is 15.1. The molecule has 6 rings (SSSR count). The van der Waals surface area contributed by atoms with Gasteiger partial charge in [-0.05, 0) is 23.6 Å². The molecule has 1 aliphatic heterocycles. The van der Waals surface area contributed by atoms with Gasteiger partial charge in [-0.25, -0.2) is 9.97 Å². The first-order chi connectivity index (χ1) is 20.5. The number of ether oxygens (including phenoxy) is 4. The van der Waals surface area contributed by atoms with E-state index >= 15 is 0 Å². The summed E-state index contributed by atoms with van der Waals surface area (Å²) in [4.78, 5) is 9.07. The zero-order valence-corrected chi connectivity index (χ0v) is 24.1. The summed E-state index contributed by atoms with van der Waals surface area (Å²) in [6, 6.07) is 29.6. The second-order valence-electron chi connectivity index (χ2n) is 10.5. The zero-order valence-electron chi connectivity index (χ0n) is 23.3. The summed E-state index contributed by atoms with van der Waals surface area (Å²) in [6.07, 6.45) is 0.0103. The van der Waals surface area contributed by atoms with Crippen molar-refractivity contribution < 1.29 is 24.1 Å². The lowest BCUT2D eigenvalue weighted by atomic mass is 9.87. The van der Waals surface area contributed by atoms with Crippen molar-refractivity contribution >= 4 is 28.1 Å². The van der Waals surface area contributed by atoms with Crippen LogP contribution in [0.2, 0.25) is 0 Å². The van der Waals surface area contributed by atoms with Crippen molar-refractivity contribution in [2.75, 3.05) is 12.3 Å². The molecule has 42 heavy (non-hydrogen) atoms. The molecule has 0 saturated carbocycles. The average Bonchev–Trinajstić information content (AvgIpc) is 3.55. The Balaban J connectivity index is 1.38. The van der Waals surface area contributed by atoms with E-state index in [1.165, 1.54) is 17.7 Å². The van der Waals surface area contributed by atoms with Gasteiger partial charge in [-0.2, -0.15) is 0 Å². The van der Waals surface area contributed by atoms with E-state index in [0.29, 0.717) is 34.8 Å². The lowest BCUT2D eigenvalue weighted by Crippen LogP contribution is -2.55. The van der Waals surface area contributed by atoms with Gasteiger partial charge in [0.2, 0.25) is 5.79 Å². The monoisotopic (exact) mass is 583 g/mol. The number of thiophene rings is 1. The van der Waals surface area contributed by atoms with Gasteiger partial charge in [-0.3, -0.25) is 0 Å². The van der Waals surface area contributed by atoms with Crippen LogP contribution < -0.4 is 5.73 Å². The van der Waals surface area contributed by atoms with Crippen LogP contribution in [0, 0.1) is 0 Å². The maximum atomic E-state index is 12.6. The van der Waals surface area contributed by atoms with Crippen LogP contribution in [0.5, 0.6) is 0 Å². The summed E-state index contributed by atoms with van der Waals surface area (Å²) >= 11 is 1.30. The Bertz CT molecular complexity index is 1600. The predicted molar refractivity (Wildman–Crippen MR) is 161 cm³/mol. The van der Waals surface area contributed by atoms with Gasteiger partial charge in [0, 0.05) is 5.38 Å². The van der Waals surface area contributed by atoms with Crippen LogP contribution in [-0.4, -0.2) is 39.5 Å². The first-order valence-corrected chi connectivity index (χ1v) is 14.7. The van der Waals surface area contributed by atoms with Crippen LogP contribution in [0.1, 0.15) is 28.5 Å². The number of benzene rings is 3. The Labute approximate surface area is 248 Å². The van der Waals surface area contributed by atoms with Crippen molar-refractivity contribution in [3.05, 3.63) is 124 Å². The molecule has 1 aliphatic rings. The largest absolute Gasteiger partial charge is 0.383 e. The first kappa shape index (κ1) is 28.4. The van der Waals surface area contributed by atoms with Crippen molar-refractivity contribution in [3.8, 4) is 0 Å².